The molecule has 1 aliphatic rings. The van der Waals surface area contributed by atoms with Crippen LogP contribution < -0.4 is 0 Å². The molecule has 0 spiro atoms. The molecule has 2 aromatic rings. The summed E-state index contributed by atoms with van der Waals surface area (Å²) in [6.07, 6.45) is 0.536. The molecule has 96 valence electrons. The van der Waals surface area contributed by atoms with Gasteiger partial charge in [-0.05, 0) is 29.3 Å². The zero-order chi connectivity index (χ0) is 13.4. The van der Waals surface area contributed by atoms with E-state index in [1.54, 1.807) is 6.07 Å². The van der Waals surface area contributed by atoms with Gasteiger partial charge in [0.15, 0.2) is 0 Å². The van der Waals surface area contributed by atoms with E-state index in [0.717, 1.165) is 10.8 Å². The molecule has 3 rings (SSSR count). The minimum absolute atomic E-state index is 0.204. The Morgan fingerprint density at radius 2 is 1.84 bits per heavy atom. The minimum atomic E-state index is -0.930. The molecular weight excluding hydrogens is 242 g/mol. The lowest BCUT2D eigenvalue weighted by molar-refractivity contribution is -0.146. The maximum atomic E-state index is 12.2. The van der Waals surface area contributed by atoms with Gasteiger partial charge in [-0.25, -0.2) is 4.79 Å². The van der Waals surface area contributed by atoms with E-state index in [2.05, 4.69) is 0 Å². The van der Waals surface area contributed by atoms with E-state index < -0.39 is 12.0 Å². The van der Waals surface area contributed by atoms with Crippen molar-refractivity contribution in [3.05, 3.63) is 48.0 Å². The van der Waals surface area contributed by atoms with Crippen molar-refractivity contribution in [2.75, 3.05) is 6.54 Å². The van der Waals surface area contributed by atoms with E-state index >= 15 is 0 Å². The Morgan fingerprint density at radius 3 is 2.47 bits per heavy atom. The van der Waals surface area contributed by atoms with Crippen molar-refractivity contribution in [3.63, 3.8) is 0 Å². The van der Waals surface area contributed by atoms with Crippen LogP contribution in [0.5, 0.6) is 0 Å². The molecule has 0 aliphatic carbocycles. The first-order valence-electron chi connectivity index (χ1n) is 6.19. The number of fused-ring (bicyclic) bond motifs is 1. The van der Waals surface area contributed by atoms with Crippen molar-refractivity contribution in [1.82, 2.24) is 4.90 Å². The van der Waals surface area contributed by atoms with Crippen LogP contribution in [0.3, 0.4) is 0 Å². The smallest absolute Gasteiger partial charge is 0.326 e. The number of carbonyl (C=O) groups is 2. The lowest BCUT2D eigenvalue weighted by Crippen LogP contribution is -2.55. The van der Waals surface area contributed by atoms with Crippen LogP contribution >= 0.6 is 0 Å². The predicted molar refractivity (Wildman–Crippen MR) is 71.0 cm³/mol. The molecule has 0 aromatic heterocycles. The highest BCUT2D eigenvalue weighted by atomic mass is 16.4. The Kier molecular flexibility index (Phi) is 2.71. The van der Waals surface area contributed by atoms with Crippen molar-refractivity contribution in [2.45, 2.75) is 12.5 Å². The fraction of sp³-hybridized carbons (Fsp3) is 0.200. The number of hydrogen-bond donors (Lipinski definition) is 1. The molecule has 4 nitrogen and oxygen atoms in total. The number of carboxylic acid groups (broad SMARTS) is 1. The van der Waals surface area contributed by atoms with Gasteiger partial charge in [-0.15, -0.1) is 0 Å². The third-order valence-corrected chi connectivity index (χ3v) is 3.56. The molecular formula is C15H13NO3. The van der Waals surface area contributed by atoms with Gasteiger partial charge in [0.05, 0.1) is 0 Å². The lowest BCUT2D eigenvalue weighted by atomic mass is 10.00. The molecule has 1 fully saturated rings. The first kappa shape index (κ1) is 11.7. The molecule has 1 unspecified atom stereocenters. The van der Waals surface area contributed by atoms with Crippen molar-refractivity contribution in [1.29, 1.82) is 0 Å². The Morgan fingerprint density at radius 1 is 1.11 bits per heavy atom. The second kappa shape index (κ2) is 4.39. The van der Waals surface area contributed by atoms with Crippen LogP contribution in [0.2, 0.25) is 0 Å². The van der Waals surface area contributed by atoms with Crippen LogP contribution in [0.4, 0.5) is 0 Å². The summed E-state index contributed by atoms with van der Waals surface area (Å²) in [5.41, 5.74) is 0.546. The monoisotopic (exact) mass is 255 g/mol. The number of benzene rings is 2. The summed E-state index contributed by atoms with van der Waals surface area (Å²) < 4.78 is 0. The molecule has 0 saturated carbocycles. The van der Waals surface area contributed by atoms with E-state index in [0.29, 0.717) is 18.5 Å². The van der Waals surface area contributed by atoms with E-state index in [1.165, 1.54) is 4.90 Å². The molecule has 1 N–H and O–H groups in total. The van der Waals surface area contributed by atoms with Crippen molar-refractivity contribution in [2.24, 2.45) is 0 Å². The molecule has 1 saturated heterocycles. The van der Waals surface area contributed by atoms with Gasteiger partial charge in [-0.1, -0.05) is 30.3 Å². The van der Waals surface area contributed by atoms with Crippen LogP contribution in [0.15, 0.2) is 42.5 Å². The number of carbonyl (C=O) groups excluding carboxylic acids is 1. The summed E-state index contributed by atoms with van der Waals surface area (Å²) in [5.74, 6) is -1.13. The molecule has 1 atom stereocenters. The molecule has 1 aliphatic heterocycles. The summed E-state index contributed by atoms with van der Waals surface area (Å²) in [7, 11) is 0. The van der Waals surface area contributed by atoms with Crippen LogP contribution in [0.25, 0.3) is 10.8 Å². The van der Waals surface area contributed by atoms with Gasteiger partial charge in [0.1, 0.15) is 6.04 Å². The first-order valence-corrected chi connectivity index (χ1v) is 6.19. The zero-order valence-corrected chi connectivity index (χ0v) is 10.2. The number of aliphatic carboxylic acids is 1. The molecule has 0 radical (unpaired) electrons. The Hall–Kier alpha value is -2.36. The maximum Gasteiger partial charge on any atom is 0.326 e. The van der Waals surface area contributed by atoms with Crippen LogP contribution in [-0.4, -0.2) is 34.5 Å². The highest BCUT2D eigenvalue weighted by Gasteiger charge is 2.37. The van der Waals surface area contributed by atoms with Crippen LogP contribution in [0, 0.1) is 0 Å². The topological polar surface area (TPSA) is 57.6 Å². The Bertz CT molecular complexity index is 665. The van der Waals surface area contributed by atoms with E-state index in [4.69, 9.17) is 5.11 Å². The quantitative estimate of drug-likeness (QED) is 0.894. The number of likely N-dealkylation sites (tertiary alicyclic amines) is 1. The highest BCUT2D eigenvalue weighted by molar-refractivity contribution is 6.00. The number of rotatable bonds is 2. The second-order valence-electron chi connectivity index (χ2n) is 4.70. The Balaban J connectivity index is 1.92. The van der Waals surface area contributed by atoms with E-state index in [-0.39, 0.29) is 5.91 Å². The summed E-state index contributed by atoms with van der Waals surface area (Å²) in [6.45, 7) is 0.516. The van der Waals surface area contributed by atoms with Gasteiger partial charge in [-0.2, -0.15) is 0 Å². The molecule has 2 aromatic carbocycles. The summed E-state index contributed by atoms with van der Waals surface area (Å²) in [4.78, 5) is 24.6. The van der Waals surface area contributed by atoms with Gasteiger partial charge in [-0.3, -0.25) is 4.79 Å². The normalized spacial score (nSPS) is 18.1. The number of amides is 1. The predicted octanol–water partition coefficient (Wildman–Crippen LogP) is 2.14. The molecule has 19 heavy (non-hydrogen) atoms. The summed E-state index contributed by atoms with van der Waals surface area (Å²) in [5, 5.41) is 11.0. The maximum absolute atomic E-state index is 12.2. The Labute approximate surface area is 110 Å². The molecule has 0 bridgehead atoms. The SMILES string of the molecule is O=C(O)C1CCN1C(=O)c1ccc2ccccc2c1. The highest BCUT2D eigenvalue weighted by Crippen LogP contribution is 2.23. The number of hydrogen-bond acceptors (Lipinski definition) is 2. The first-order chi connectivity index (χ1) is 9.16. The van der Waals surface area contributed by atoms with Crippen molar-refractivity contribution >= 4 is 22.6 Å². The molecule has 1 amide bonds. The molecule has 4 heteroatoms. The van der Waals surface area contributed by atoms with Crippen molar-refractivity contribution < 1.29 is 14.7 Å². The minimum Gasteiger partial charge on any atom is -0.480 e. The van der Waals surface area contributed by atoms with E-state index in [1.807, 2.05) is 36.4 Å². The lowest BCUT2D eigenvalue weighted by Gasteiger charge is -2.38. The summed E-state index contributed by atoms with van der Waals surface area (Å²) in [6, 6.07) is 12.6. The third-order valence-electron chi connectivity index (χ3n) is 3.56. The van der Waals surface area contributed by atoms with Gasteiger partial charge >= 0.3 is 5.97 Å². The average molecular weight is 255 g/mol. The largest absolute Gasteiger partial charge is 0.480 e. The van der Waals surface area contributed by atoms with Gasteiger partial charge < -0.3 is 10.0 Å². The third kappa shape index (κ3) is 1.95. The fourth-order valence-corrected chi connectivity index (χ4v) is 2.38. The number of nitrogens with zero attached hydrogens (tertiary/aromatic N) is 1. The summed E-state index contributed by atoms with van der Waals surface area (Å²) >= 11 is 0. The fourth-order valence-electron chi connectivity index (χ4n) is 2.38. The van der Waals surface area contributed by atoms with Gasteiger partial charge in [0.2, 0.25) is 0 Å². The number of carboxylic acids is 1. The zero-order valence-electron chi connectivity index (χ0n) is 10.2. The van der Waals surface area contributed by atoms with Gasteiger partial charge in [0, 0.05) is 12.1 Å². The second-order valence-corrected chi connectivity index (χ2v) is 4.70. The van der Waals surface area contributed by atoms with Crippen LogP contribution in [0.1, 0.15) is 16.8 Å². The standard InChI is InChI=1S/C15H13NO3/c17-14(16-8-7-13(16)15(18)19)12-6-5-10-3-1-2-4-11(10)9-12/h1-6,9,13H,7-8H2,(H,18,19). The van der Waals surface area contributed by atoms with Crippen LogP contribution in [-0.2, 0) is 4.79 Å². The van der Waals surface area contributed by atoms with Gasteiger partial charge in [0.25, 0.3) is 5.91 Å². The van der Waals surface area contributed by atoms with Crippen molar-refractivity contribution in [3.8, 4) is 0 Å². The van der Waals surface area contributed by atoms with E-state index in [9.17, 15) is 9.59 Å². The average Bonchev–Trinajstić information content (AvgIpc) is 2.36. The molecule has 1 heterocycles.